The highest BCUT2D eigenvalue weighted by molar-refractivity contribution is 5.88. The summed E-state index contributed by atoms with van der Waals surface area (Å²) < 4.78 is 12.0. The number of halogens is 1. The van der Waals surface area contributed by atoms with Gasteiger partial charge in [-0.1, -0.05) is 5.16 Å². The molecule has 0 spiro atoms. The molecule has 0 aliphatic heterocycles. The van der Waals surface area contributed by atoms with Gasteiger partial charge in [-0.15, -0.1) is 0 Å². The Kier molecular flexibility index (Phi) is 1.31. The molecule has 3 nitrogen and oxygen atoms in total. The normalized spacial score (nSPS) is 23.9. The Morgan fingerprint density at radius 2 is 2.33 bits per heavy atom. The summed E-state index contributed by atoms with van der Waals surface area (Å²) in [6.07, 6.45) is 1.42. The van der Waals surface area contributed by atoms with Crippen molar-refractivity contribution in [1.82, 2.24) is 0 Å². The fraction of sp³-hybridized carbons (Fsp3) is 0.800. The third-order valence-electron chi connectivity index (χ3n) is 1.76. The van der Waals surface area contributed by atoms with Crippen molar-refractivity contribution >= 4 is 5.84 Å². The molecule has 0 aromatic rings. The van der Waals surface area contributed by atoms with E-state index in [1.54, 1.807) is 0 Å². The first-order chi connectivity index (χ1) is 4.25. The van der Waals surface area contributed by atoms with E-state index < -0.39 is 12.1 Å². The van der Waals surface area contributed by atoms with Crippen molar-refractivity contribution in [3.8, 4) is 0 Å². The first-order valence-corrected chi connectivity index (χ1v) is 2.79. The Bertz CT molecular complexity index is 142. The number of rotatable bonds is 2. The molecule has 3 N–H and O–H groups in total. The van der Waals surface area contributed by atoms with Crippen LogP contribution in [0, 0.1) is 5.41 Å². The highest BCUT2D eigenvalue weighted by Crippen LogP contribution is 2.45. The maximum absolute atomic E-state index is 12.0. The lowest BCUT2D eigenvalue weighted by Gasteiger charge is -2.05. The molecule has 0 atom stereocenters. The molecule has 52 valence electrons. The van der Waals surface area contributed by atoms with Gasteiger partial charge in [0.1, 0.15) is 12.5 Å². The number of hydrogen-bond acceptors (Lipinski definition) is 2. The minimum atomic E-state index is -0.589. The van der Waals surface area contributed by atoms with Crippen molar-refractivity contribution in [2.24, 2.45) is 16.3 Å². The molecule has 1 fully saturated rings. The van der Waals surface area contributed by atoms with E-state index in [4.69, 9.17) is 10.9 Å². The Balaban J connectivity index is 2.60. The summed E-state index contributed by atoms with van der Waals surface area (Å²) in [5.74, 6) is 0.0324. The molecule has 1 aliphatic rings. The van der Waals surface area contributed by atoms with Gasteiger partial charge in [-0.2, -0.15) is 0 Å². The van der Waals surface area contributed by atoms with E-state index in [0.29, 0.717) is 12.8 Å². The number of oxime groups is 1. The third kappa shape index (κ3) is 0.843. The highest BCUT2D eigenvalue weighted by atomic mass is 19.1. The zero-order valence-electron chi connectivity index (χ0n) is 4.97. The van der Waals surface area contributed by atoms with E-state index in [0.717, 1.165) is 0 Å². The van der Waals surface area contributed by atoms with Crippen molar-refractivity contribution < 1.29 is 9.60 Å². The number of alkyl halides is 1. The second kappa shape index (κ2) is 1.86. The van der Waals surface area contributed by atoms with E-state index in [-0.39, 0.29) is 5.84 Å². The van der Waals surface area contributed by atoms with E-state index >= 15 is 0 Å². The van der Waals surface area contributed by atoms with Crippen LogP contribution in [-0.4, -0.2) is 17.7 Å². The Hall–Kier alpha value is -0.800. The molecule has 0 unspecified atom stereocenters. The number of nitrogens with zero attached hydrogens (tertiary/aromatic N) is 1. The average molecular weight is 132 g/mol. The standard InChI is InChI=1S/C5H9FN2O/c6-3-5(1-2-5)4(7)8-9/h9H,1-3H2,(H2,7,8). The monoisotopic (exact) mass is 132 g/mol. The van der Waals surface area contributed by atoms with Gasteiger partial charge < -0.3 is 10.9 Å². The van der Waals surface area contributed by atoms with Gasteiger partial charge in [0.2, 0.25) is 0 Å². The fourth-order valence-corrected chi connectivity index (χ4v) is 0.715. The quantitative estimate of drug-likeness (QED) is 0.248. The topological polar surface area (TPSA) is 58.6 Å². The molecule has 0 radical (unpaired) electrons. The van der Waals surface area contributed by atoms with Gasteiger partial charge in [0.15, 0.2) is 0 Å². The van der Waals surface area contributed by atoms with Crippen LogP contribution >= 0.6 is 0 Å². The molecule has 0 heterocycles. The van der Waals surface area contributed by atoms with Gasteiger partial charge in [-0.25, -0.2) is 4.39 Å². The molecule has 0 aromatic heterocycles. The SMILES string of the molecule is NC(=NO)C1(CF)CC1. The van der Waals surface area contributed by atoms with Gasteiger partial charge in [0, 0.05) is 0 Å². The number of hydrogen-bond donors (Lipinski definition) is 2. The van der Waals surface area contributed by atoms with Gasteiger partial charge in [-0.05, 0) is 12.8 Å². The van der Waals surface area contributed by atoms with E-state index in [1.165, 1.54) is 0 Å². The summed E-state index contributed by atoms with van der Waals surface area (Å²) in [5, 5.41) is 10.9. The van der Waals surface area contributed by atoms with Crippen LogP contribution < -0.4 is 5.73 Å². The maximum Gasteiger partial charge on any atom is 0.148 e. The number of amidine groups is 1. The maximum atomic E-state index is 12.0. The van der Waals surface area contributed by atoms with E-state index in [2.05, 4.69) is 5.16 Å². The van der Waals surface area contributed by atoms with Crippen LogP contribution in [-0.2, 0) is 0 Å². The van der Waals surface area contributed by atoms with Gasteiger partial charge >= 0.3 is 0 Å². The van der Waals surface area contributed by atoms with Gasteiger partial charge in [0.25, 0.3) is 0 Å². The average Bonchev–Trinajstić information content (AvgIpc) is 2.66. The summed E-state index contributed by atoms with van der Waals surface area (Å²) in [6, 6.07) is 0. The molecule has 0 bridgehead atoms. The van der Waals surface area contributed by atoms with Crippen LogP contribution in [0.1, 0.15) is 12.8 Å². The van der Waals surface area contributed by atoms with Gasteiger partial charge in [0.05, 0.1) is 5.41 Å². The minimum absolute atomic E-state index is 0.0324. The zero-order valence-corrected chi connectivity index (χ0v) is 4.97. The second-order valence-electron chi connectivity index (χ2n) is 2.40. The smallest absolute Gasteiger partial charge is 0.148 e. The van der Waals surface area contributed by atoms with E-state index in [1.807, 2.05) is 0 Å². The lowest BCUT2D eigenvalue weighted by molar-refractivity contribution is 0.307. The summed E-state index contributed by atoms with van der Waals surface area (Å²) >= 11 is 0. The number of nitrogens with two attached hydrogens (primary N) is 1. The summed E-state index contributed by atoms with van der Waals surface area (Å²) in [5.41, 5.74) is 4.60. The molecule has 0 saturated heterocycles. The molecule has 1 rings (SSSR count). The Morgan fingerprint density at radius 1 is 1.78 bits per heavy atom. The van der Waals surface area contributed by atoms with Crippen LogP contribution in [0.2, 0.25) is 0 Å². The van der Waals surface area contributed by atoms with Crippen molar-refractivity contribution in [2.45, 2.75) is 12.8 Å². The van der Waals surface area contributed by atoms with Crippen LogP contribution in [0.15, 0.2) is 5.16 Å². The lowest BCUT2D eigenvalue weighted by atomic mass is 10.1. The van der Waals surface area contributed by atoms with E-state index in [9.17, 15) is 4.39 Å². The second-order valence-corrected chi connectivity index (χ2v) is 2.40. The molecular weight excluding hydrogens is 123 g/mol. The third-order valence-corrected chi connectivity index (χ3v) is 1.76. The summed E-state index contributed by atoms with van der Waals surface area (Å²) in [7, 11) is 0. The molecular formula is C5H9FN2O. The fourth-order valence-electron chi connectivity index (χ4n) is 0.715. The van der Waals surface area contributed by atoms with Crippen LogP contribution in [0.5, 0.6) is 0 Å². The minimum Gasteiger partial charge on any atom is -0.409 e. The van der Waals surface area contributed by atoms with Crippen molar-refractivity contribution in [1.29, 1.82) is 0 Å². The Labute approximate surface area is 52.3 Å². The molecule has 9 heavy (non-hydrogen) atoms. The molecule has 1 saturated carbocycles. The van der Waals surface area contributed by atoms with Crippen molar-refractivity contribution in [2.75, 3.05) is 6.67 Å². The molecule has 4 heteroatoms. The van der Waals surface area contributed by atoms with Gasteiger partial charge in [-0.3, -0.25) is 0 Å². The Morgan fingerprint density at radius 3 is 2.44 bits per heavy atom. The highest BCUT2D eigenvalue weighted by Gasteiger charge is 2.47. The lowest BCUT2D eigenvalue weighted by Crippen LogP contribution is -2.26. The first-order valence-electron chi connectivity index (χ1n) is 2.79. The predicted molar refractivity (Wildman–Crippen MR) is 31.1 cm³/mol. The van der Waals surface area contributed by atoms with Crippen LogP contribution in [0.4, 0.5) is 4.39 Å². The van der Waals surface area contributed by atoms with Crippen molar-refractivity contribution in [3.05, 3.63) is 0 Å². The largest absolute Gasteiger partial charge is 0.409 e. The molecule has 1 aliphatic carbocycles. The molecule has 0 aromatic carbocycles. The zero-order chi connectivity index (χ0) is 6.91. The summed E-state index contributed by atoms with van der Waals surface area (Å²) in [4.78, 5) is 0. The first kappa shape index (κ1) is 6.32. The van der Waals surface area contributed by atoms with Crippen LogP contribution in [0.25, 0.3) is 0 Å². The summed E-state index contributed by atoms with van der Waals surface area (Å²) in [6.45, 7) is -0.511. The van der Waals surface area contributed by atoms with Crippen molar-refractivity contribution in [3.63, 3.8) is 0 Å². The predicted octanol–water partition coefficient (Wildman–Crippen LogP) is 0.482. The van der Waals surface area contributed by atoms with Crippen LogP contribution in [0.3, 0.4) is 0 Å². The molecule has 0 amide bonds.